The summed E-state index contributed by atoms with van der Waals surface area (Å²) in [5.74, 6) is -2.20. The van der Waals surface area contributed by atoms with Gasteiger partial charge in [0, 0.05) is 16.7 Å². The second-order valence-electron chi connectivity index (χ2n) is 7.09. The minimum absolute atomic E-state index is 0.00188. The summed E-state index contributed by atoms with van der Waals surface area (Å²) in [6.45, 7) is 0. The zero-order valence-corrected chi connectivity index (χ0v) is 15.6. The topological polar surface area (TPSA) is 118 Å². The van der Waals surface area contributed by atoms with Gasteiger partial charge in [-0.2, -0.15) is 0 Å². The smallest absolute Gasteiger partial charge is 0.329 e. The van der Waals surface area contributed by atoms with Crippen LogP contribution in [0.1, 0.15) is 52.0 Å². The third kappa shape index (κ3) is 2.63. The lowest BCUT2D eigenvalue weighted by Gasteiger charge is -2.25. The number of carbonyl (C=O) groups excluding carboxylic acids is 2. The number of carboxylic acids is 1. The number of hydrogen-bond donors (Lipinski definition) is 2. The van der Waals surface area contributed by atoms with E-state index in [2.05, 4.69) is 5.32 Å². The van der Waals surface area contributed by atoms with E-state index in [0.29, 0.717) is 25.7 Å². The molecule has 2 N–H and O–H groups in total. The van der Waals surface area contributed by atoms with Crippen molar-refractivity contribution in [2.45, 2.75) is 41.0 Å². The zero-order valence-electron chi connectivity index (χ0n) is 14.8. The number of amides is 1. The Kier molecular flexibility index (Phi) is 4.11. The van der Waals surface area contributed by atoms with E-state index < -0.39 is 33.0 Å². The molecule has 1 heterocycles. The molecule has 1 aliphatic heterocycles. The second-order valence-corrected chi connectivity index (χ2v) is 8.97. The number of sulfone groups is 1. The Morgan fingerprint density at radius 1 is 0.964 bits per heavy atom. The SMILES string of the molecule is O=C(NC1(C(=O)O)CCCC1)c1ccc2c(c1)S(=O)(=O)c1ccccc1C2=O. The molecule has 144 valence electrons. The molecule has 0 radical (unpaired) electrons. The van der Waals surface area contributed by atoms with Crippen molar-refractivity contribution >= 4 is 27.5 Å². The first-order valence-electron chi connectivity index (χ1n) is 8.85. The Morgan fingerprint density at radius 3 is 2.29 bits per heavy atom. The van der Waals surface area contributed by atoms with Gasteiger partial charge in [0.1, 0.15) is 5.54 Å². The van der Waals surface area contributed by atoms with Gasteiger partial charge in [-0.25, -0.2) is 13.2 Å². The Balaban J connectivity index is 1.75. The number of rotatable bonds is 3. The number of benzene rings is 2. The molecule has 0 saturated heterocycles. The van der Waals surface area contributed by atoms with Gasteiger partial charge in [-0.3, -0.25) is 9.59 Å². The maximum Gasteiger partial charge on any atom is 0.329 e. The highest BCUT2D eigenvalue weighted by atomic mass is 32.2. The summed E-state index contributed by atoms with van der Waals surface area (Å²) in [4.78, 5) is 36.7. The van der Waals surface area contributed by atoms with Crippen LogP contribution in [0.4, 0.5) is 0 Å². The highest BCUT2D eigenvalue weighted by Crippen LogP contribution is 2.35. The van der Waals surface area contributed by atoms with E-state index in [1.54, 1.807) is 6.07 Å². The van der Waals surface area contributed by atoms with Crippen LogP contribution >= 0.6 is 0 Å². The molecule has 28 heavy (non-hydrogen) atoms. The quantitative estimate of drug-likeness (QED) is 0.697. The molecule has 0 spiro atoms. The normalized spacial score (nSPS) is 18.8. The van der Waals surface area contributed by atoms with Crippen molar-refractivity contribution in [3.8, 4) is 0 Å². The van der Waals surface area contributed by atoms with Gasteiger partial charge in [-0.1, -0.05) is 25.0 Å². The maximum atomic E-state index is 13.0. The molecule has 1 aliphatic carbocycles. The minimum Gasteiger partial charge on any atom is -0.480 e. The van der Waals surface area contributed by atoms with E-state index >= 15 is 0 Å². The molecule has 2 aromatic carbocycles. The van der Waals surface area contributed by atoms with Crippen LogP contribution < -0.4 is 5.32 Å². The lowest BCUT2D eigenvalue weighted by atomic mass is 9.96. The Labute approximate surface area is 161 Å². The number of carboxylic acid groups (broad SMARTS) is 1. The van der Waals surface area contributed by atoms with Crippen molar-refractivity contribution < 1.29 is 27.9 Å². The van der Waals surface area contributed by atoms with E-state index in [1.807, 2.05) is 0 Å². The molecule has 7 nitrogen and oxygen atoms in total. The number of aliphatic carboxylic acids is 1. The summed E-state index contributed by atoms with van der Waals surface area (Å²) in [7, 11) is -3.97. The predicted octanol–water partition coefficient (Wildman–Crippen LogP) is 2.19. The van der Waals surface area contributed by atoms with Crippen LogP contribution in [0.25, 0.3) is 0 Å². The van der Waals surface area contributed by atoms with Gasteiger partial charge in [0.2, 0.25) is 9.84 Å². The lowest BCUT2D eigenvalue weighted by molar-refractivity contribution is -0.144. The van der Waals surface area contributed by atoms with E-state index in [1.165, 1.54) is 30.3 Å². The van der Waals surface area contributed by atoms with Gasteiger partial charge in [-0.15, -0.1) is 0 Å². The molecule has 8 heteroatoms. The molecule has 0 atom stereocenters. The number of fused-ring (bicyclic) bond motifs is 2. The molecule has 1 fully saturated rings. The first kappa shape index (κ1) is 18.4. The average Bonchev–Trinajstić information content (AvgIpc) is 3.16. The summed E-state index contributed by atoms with van der Waals surface area (Å²) in [6.07, 6.45) is 2.03. The molecule has 4 rings (SSSR count). The van der Waals surface area contributed by atoms with Crippen molar-refractivity contribution in [3.05, 3.63) is 59.2 Å². The Hall–Kier alpha value is -3.00. The van der Waals surface area contributed by atoms with Gasteiger partial charge >= 0.3 is 5.97 Å². The first-order valence-corrected chi connectivity index (χ1v) is 10.3. The molecule has 1 saturated carbocycles. The van der Waals surface area contributed by atoms with Crippen molar-refractivity contribution in [1.82, 2.24) is 5.32 Å². The van der Waals surface area contributed by atoms with Gasteiger partial charge in [0.25, 0.3) is 5.91 Å². The summed E-state index contributed by atoms with van der Waals surface area (Å²) in [6, 6.07) is 9.74. The fourth-order valence-electron chi connectivity index (χ4n) is 3.89. The van der Waals surface area contributed by atoms with Crippen LogP contribution in [0.5, 0.6) is 0 Å². The fourth-order valence-corrected chi connectivity index (χ4v) is 5.56. The summed E-state index contributed by atoms with van der Waals surface area (Å²) >= 11 is 0. The monoisotopic (exact) mass is 399 g/mol. The summed E-state index contributed by atoms with van der Waals surface area (Å²) in [5, 5.41) is 12.1. The number of ketones is 1. The summed E-state index contributed by atoms with van der Waals surface area (Å²) < 4.78 is 25.9. The molecule has 0 bridgehead atoms. The lowest BCUT2D eigenvalue weighted by Crippen LogP contribution is -2.52. The van der Waals surface area contributed by atoms with E-state index in [4.69, 9.17) is 0 Å². The highest BCUT2D eigenvalue weighted by molar-refractivity contribution is 7.91. The Bertz CT molecular complexity index is 1130. The fraction of sp³-hybridized carbons (Fsp3) is 0.250. The largest absolute Gasteiger partial charge is 0.480 e. The van der Waals surface area contributed by atoms with Gasteiger partial charge in [-0.05, 0) is 43.2 Å². The van der Waals surface area contributed by atoms with Crippen molar-refractivity contribution in [1.29, 1.82) is 0 Å². The van der Waals surface area contributed by atoms with Crippen LogP contribution in [0.3, 0.4) is 0 Å². The minimum atomic E-state index is -3.97. The predicted molar refractivity (Wildman–Crippen MR) is 98.1 cm³/mol. The van der Waals surface area contributed by atoms with E-state index in [0.717, 1.165) is 6.07 Å². The third-order valence-corrected chi connectivity index (χ3v) is 7.27. The van der Waals surface area contributed by atoms with Crippen LogP contribution in [0, 0.1) is 0 Å². The molecule has 2 aromatic rings. The highest BCUT2D eigenvalue weighted by Gasteiger charge is 2.43. The molecule has 0 unspecified atom stereocenters. The number of carbonyl (C=O) groups is 3. The second kappa shape index (κ2) is 6.27. The first-order chi connectivity index (χ1) is 13.3. The van der Waals surface area contributed by atoms with Gasteiger partial charge in [0.15, 0.2) is 5.78 Å². The van der Waals surface area contributed by atoms with Crippen molar-refractivity contribution in [2.24, 2.45) is 0 Å². The van der Waals surface area contributed by atoms with Crippen LogP contribution in [0.2, 0.25) is 0 Å². The third-order valence-electron chi connectivity index (χ3n) is 5.42. The molecular weight excluding hydrogens is 382 g/mol. The number of nitrogens with one attached hydrogen (secondary N) is 1. The van der Waals surface area contributed by atoms with E-state index in [-0.39, 0.29) is 26.5 Å². The molecule has 2 aliphatic rings. The zero-order chi connectivity index (χ0) is 20.1. The van der Waals surface area contributed by atoms with Crippen LogP contribution in [0.15, 0.2) is 52.3 Å². The molecule has 1 amide bonds. The molecule has 0 aromatic heterocycles. The van der Waals surface area contributed by atoms with E-state index in [9.17, 15) is 27.9 Å². The number of hydrogen-bond acceptors (Lipinski definition) is 5. The maximum absolute atomic E-state index is 13.0. The van der Waals surface area contributed by atoms with Crippen LogP contribution in [-0.4, -0.2) is 36.7 Å². The summed E-state index contributed by atoms with van der Waals surface area (Å²) in [5.41, 5.74) is -1.23. The molecular formula is C20H17NO6S. The van der Waals surface area contributed by atoms with Gasteiger partial charge < -0.3 is 10.4 Å². The van der Waals surface area contributed by atoms with Gasteiger partial charge in [0.05, 0.1) is 9.79 Å². The van der Waals surface area contributed by atoms with Crippen LogP contribution in [-0.2, 0) is 14.6 Å². The van der Waals surface area contributed by atoms with Crippen molar-refractivity contribution in [2.75, 3.05) is 0 Å². The van der Waals surface area contributed by atoms with Crippen molar-refractivity contribution in [3.63, 3.8) is 0 Å². The average molecular weight is 399 g/mol. The Morgan fingerprint density at radius 2 is 1.61 bits per heavy atom. The standard InChI is InChI=1S/C20H17NO6S/c22-17-13-5-1-2-6-15(13)28(26,27)16-11-12(7-8-14(16)17)18(23)21-20(19(24)25)9-3-4-10-20/h1-2,5-8,11H,3-4,9-10H2,(H,21,23)(H,24,25).